The third-order valence-corrected chi connectivity index (χ3v) is 0.376. The van der Waals surface area contributed by atoms with E-state index in [4.69, 9.17) is 0 Å². The summed E-state index contributed by atoms with van der Waals surface area (Å²) in [6, 6.07) is 0. The molecule has 0 fully saturated rings. The Kier molecular flexibility index (Phi) is 3.98. The Bertz CT molecular complexity index is 52.3. The van der Waals surface area contributed by atoms with Crippen molar-refractivity contribution in [2.24, 2.45) is 0 Å². The molecule has 0 atom stereocenters. The maximum Gasteiger partial charge on any atom is 0.0866 e. The maximum absolute atomic E-state index is 10.9. The molecule has 0 radical (unpaired) electrons. The molecule has 0 nitrogen and oxygen atoms in total. The molecule has 0 N–H and O–H groups in total. The van der Waals surface area contributed by atoms with Gasteiger partial charge in [0.25, 0.3) is 0 Å². The SMILES string of the molecule is C/C=C\C=C\F. The summed E-state index contributed by atoms with van der Waals surface area (Å²) >= 11 is 0. The predicted molar refractivity (Wildman–Crippen MR) is 25.1 cm³/mol. The highest BCUT2D eigenvalue weighted by molar-refractivity contribution is 4.96. The summed E-state index contributed by atoms with van der Waals surface area (Å²) in [7, 11) is 0. The molecule has 34 valence electrons. The number of allylic oxidation sites excluding steroid dienone is 3. The van der Waals surface area contributed by atoms with E-state index in [-0.39, 0.29) is 0 Å². The molecule has 0 heterocycles. The lowest BCUT2D eigenvalue weighted by molar-refractivity contribution is 0.721. The molecule has 0 saturated carbocycles. The van der Waals surface area contributed by atoms with E-state index in [0.717, 1.165) is 0 Å². The van der Waals surface area contributed by atoms with Gasteiger partial charge in [-0.05, 0) is 13.0 Å². The lowest BCUT2D eigenvalue weighted by atomic mass is 10.5. The second kappa shape index (κ2) is 4.41. The zero-order valence-corrected chi connectivity index (χ0v) is 3.69. The first-order valence-corrected chi connectivity index (χ1v) is 1.80. The van der Waals surface area contributed by atoms with E-state index in [1.807, 2.05) is 6.92 Å². The van der Waals surface area contributed by atoms with Gasteiger partial charge in [0.05, 0.1) is 6.33 Å². The molecule has 6 heavy (non-hydrogen) atoms. The second-order valence-corrected chi connectivity index (χ2v) is 0.844. The van der Waals surface area contributed by atoms with Crippen molar-refractivity contribution >= 4 is 0 Å². The first-order chi connectivity index (χ1) is 2.91. The molecule has 0 saturated heterocycles. The standard InChI is InChI=1S/C5H7F/c1-2-3-4-5-6/h2-5H,1H3/b3-2-,5-4+. The summed E-state index contributed by atoms with van der Waals surface area (Å²) in [5.74, 6) is 0. The van der Waals surface area contributed by atoms with Crippen molar-refractivity contribution in [1.82, 2.24) is 0 Å². The highest BCUT2D eigenvalue weighted by Crippen LogP contribution is 1.73. The lowest BCUT2D eigenvalue weighted by Gasteiger charge is -1.60. The van der Waals surface area contributed by atoms with Gasteiger partial charge in [-0.1, -0.05) is 12.2 Å². The van der Waals surface area contributed by atoms with Gasteiger partial charge in [-0.25, -0.2) is 4.39 Å². The maximum atomic E-state index is 10.9. The molecule has 0 bridgehead atoms. The van der Waals surface area contributed by atoms with Crippen molar-refractivity contribution in [2.75, 3.05) is 0 Å². The van der Waals surface area contributed by atoms with E-state index in [2.05, 4.69) is 0 Å². The molecular weight excluding hydrogens is 79.1 g/mol. The van der Waals surface area contributed by atoms with E-state index in [0.29, 0.717) is 6.33 Å². The summed E-state index contributed by atoms with van der Waals surface area (Å²) in [5, 5.41) is 0. The summed E-state index contributed by atoms with van der Waals surface area (Å²) < 4.78 is 10.9. The molecule has 1 heteroatoms. The van der Waals surface area contributed by atoms with Crippen LogP contribution in [-0.4, -0.2) is 0 Å². The van der Waals surface area contributed by atoms with Gasteiger partial charge in [-0.2, -0.15) is 0 Å². The van der Waals surface area contributed by atoms with E-state index < -0.39 is 0 Å². The zero-order chi connectivity index (χ0) is 4.83. The van der Waals surface area contributed by atoms with Crippen LogP contribution in [0, 0.1) is 0 Å². The Balaban J connectivity index is 3.07. The quantitative estimate of drug-likeness (QED) is 0.428. The van der Waals surface area contributed by atoms with Crippen LogP contribution in [0.15, 0.2) is 24.6 Å². The number of hydrogen-bond donors (Lipinski definition) is 0. The Labute approximate surface area is 37.0 Å². The fraction of sp³-hybridized carbons (Fsp3) is 0.200. The largest absolute Gasteiger partial charge is 0.216 e. The van der Waals surface area contributed by atoms with Crippen LogP contribution in [-0.2, 0) is 0 Å². The molecule has 0 aliphatic heterocycles. The van der Waals surface area contributed by atoms with E-state index >= 15 is 0 Å². The van der Waals surface area contributed by atoms with Gasteiger partial charge < -0.3 is 0 Å². The summed E-state index contributed by atoms with van der Waals surface area (Å²) in [6.07, 6.45) is 5.22. The van der Waals surface area contributed by atoms with Crippen molar-refractivity contribution in [1.29, 1.82) is 0 Å². The first-order valence-electron chi connectivity index (χ1n) is 1.80. The van der Waals surface area contributed by atoms with E-state index in [9.17, 15) is 4.39 Å². The molecule has 0 spiro atoms. The average molecular weight is 86.1 g/mol. The van der Waals surface area contributed by atoms with Crippen LogP contribution in [0.25, 0.3) is 0 Å². The van der Waals surface area contributed by atoms with Crippen LogP contribution in [0.1, 0.15) is 6.92 Å². The number of halogens is 1. The molecular formula is C5H7F. The third-order valence-electron chi connectivity index (χ3n) is 0.376. The molecule has 0 rings (SSSR count). The highest BCUT2D eigenvalue weighted by atomic mass is 19.1. The van der Waals surface area contributed by atoms with Gasteiger partial charge in [0.15, 0.2) is 0 Å². The third kappa shape index (κ3) is 3.41. The van der Waals surface area contributed by atoms with Gasteiger partial charge in [0, 0.05) is 0 Å². The van der Waals surface area contributed by atoms with Crippen molar-refractivity contribution < 1.29 is 4.39 Å². The minimum absolute atomic E-state index is 0.500. The minimum Gasteiger partial charge on any atom is -0.216 e. The Hall–Kier alpha value is -0.590. The van der Waals surface area contributed by atoms with Crippen molar-refractivity contribution in [3.63, 3.8) is 0 Å². The molecule has 0 aromatic rings. The van der Waals surface area contributed by atoms with Crippen molar-refractivity contribution in [2.45, 2.75) is 6.92 Å². The second-order valence-electron chi connectivity index (χ2n) is 0.844. The van der Waals surface area contributed by atoms with Gasteiger partial charge in [-0.3, -0.25) is 0 Å². The van der Waals surface area contributed by atoms with Gasteiger partial charge in [0.2, 0.25) is 0 Å². The summed E-state index contributed by atoms with van der Waals surface area (Å²) in [6.45, 7) is 1.83. The zero-order valence-electron chi connectivity index (χ0n) is 3.69. The van der Waals surface area contributed by atoms with Crippen molar-refractivity contribution in [3.8, 4) is 0 Å². The average Bonchev–Trinajstić information content (AvgIpc) is 1.61. The van der Waals surface area contributed by atoms with Gasteiger partial charge in [0.1, 0.15) is 0 Å². The van der Waals surface area contributed by atoms with Crippen LogP contribution in [0.5, 0.6) is 0 Å². The van der Waals surface area contributed by atoms with Crippen LogP contribution in [0.3, 0.4) is 0 Å². The molecule has 0 unspecified atom stereocenters. The Morgan fingerprint density at radius 1 is 1.33 bits per heavy atom. The fourth-order valence-electron chi connectivity index (χ4n) is 0.153. The van der Waals surface area contributed by atoms with Gasteiger partial charge >= 0.3 is 0 Å². The number of hydrogen-bond acceptors (Lipinski definition) is 0. The number of rotatable bonds is 1. The normalized spacial score (nSPS) is 11.7. The first kappa shape index (κ1) is 5.41. The smallest absolute Gasteiger partial charge is 0.0866 e. The molecule has 0 aromatic carbocycles. The predicted octanol–water partition coefficient (Wildman–Crippen LogP) is 2.05. The minimum atomic E-state index is 0.500. The fourth-order valence-corrected chi connectivity index (χ4v) is 0.153. The van der Waals surface area contributed by atoms with E-state index in [1.54, 1.807) is 12.2 Å². The van der Waals surface area contributed by atoms with Crippen LogP contribution in [0.4, 0.5) is 4.39 Å². The van der Waals surface area contributed by atoms with Crippen LogP contribution in [0.2, 0.25) is 0 Å². The van der Waals surface area contributed by atoms with Gasteiger partial charge in [-0.15, -0.1) is 0 Å². The Morgan fingerprint density at radius 2 is 2.00 bits per heavy atom. The molecule has 0 aliphatic rings. The summed E-state index contributed by atoms with van der Waals surface area (Å²) in [5.41, 5.74) is 0. The Morgan fingerprint density at radius 3 is 2.17 bits per heavy atom. The molecule has 0 amide bonds. The van der Waals surface area contributed by atoms with Crippen LogP contribution >= 0.6 is 0 Å². The van der Waals surface area contributed by atoms with E-state index in [1.165, 1.54) is 6.08 Å². The topological polar surface area (TPSA) is 0 Å². The summed E-state index contributed by atoms with van der Waals surface area (Å²) in [4.78, 5) is 0. The van der Waals surface area contributed by atoms with Crippen LogP contribution < -0.4 is 0 Å². The monoisotopic (exact) mass is 86.1 g/mol. The molecule has 0 aromatic heterocycles. The highest BCUT2D eigenvalue weighted by Gasteiger charge is 1.51. The van der Waals surface area contributed by atoms with Crippen molar-refractivity contribution in [3.05, 3.63) is 24.6 Å². The lowest BCUT2D eigenvalue weighted by Crippen LogP contribution is -1.38. The molecule has 0 aliphatic carbocycles.